The van der Waals surface area contributed by atoms with E-state index in [1.807, 2.05) is 0 Å². The number of anilines is 1. The van der Waals surface area contributed by atoms with Crippen molar-refractivity contribution >= 4 is 23.4 Å². The van der Waals surface area contributed by atoms with Crippen molar-refractivity contribution in [3.63, 3.8) is 0 Å². The quantitative estimate of drug-likeness (QED) is 0.603. The van der Waals surface area contributed by atoms with Gasteiger partial charge in [-0.3, -0.25) is 19.3 Å². The normalized spacial score (nSPS) is 19.1. The van der Waals surface area contributed by atoms with Gasteiger partial charge in [0.15, 0.2) is 0 Å². The summed E-state index contributed by atoms with van der Waals surface area (Å²) in [6.45, 7) is 0. The number of likely N-dealkylation sites (N-methyl/N-ethyl adjacent to an activating group) is 1. The third-order valence-electron chi connectivity index (χ3n) is 3.30. The molecule has 1 unspecified atom stereocenters. The number of rotatable bonds is 3. The molecule has 6 nitrogen and oxygen atoms in total. The standard InChI is InChI=1S/C14H17N3O3/c1-17-13(19)6-5-11(14(17)20)16-12(18)8-9-3-2-4-10(15)7-9/h2-4,7,11H,5-6,8,15H2,1H3,(H,16,18). The maximum atomic E-state index is 11.9. The van der Waals surface area contributed by atoms with Crippen LogP contribution in [0, 0.1) is 0 Å². The van der Waals surface area contributed by atoms with E-state index in [2.05, 4.69) is 5.32 Å². The number of carbonyl (C=O) groups excluding carboxylic acids is 3. The summed E-state index contributed by atoms with van der Waals surface area (Å²) in [5.41, 5.74) is 7.02. The highest BCUT2D eigenvalue weighted by Crippen LogP contribution is 2.12. The minimum Gasteiger partial charge on any atom is -0.399 e. The zero-order valence-corrected chi connectivity index (χ0v) is 11.3. The largest absolute Gasteiger partial charge is 0.399 e. The third kappa shape index (κ3) is 3.14. The fourth-order valence-corrected chi connectivity index (χ4v) is 2.18. The molecule has 3 amide bonds. The Hall–Kier alpha value is -2.37. The van der Waals surface area contributed by atoms with E-state index < -0.39 is 6.04 Å². The Labute approximate surface area is 116 Å². The number of piperidine rings is 1. The number of nitrogen functional groups attached to an aromatic ring is 1. The van der Waals surface area contributed by atoms with Crippen LogP contribution in [-0.4, -0.2) is 35.7 Å². The second-order valence-electron chi connectivity index (χ2n) is 4.87. The predicted octanol–water partition coefficient (Wildman–Crippen LogP) is 0.0749. The molecule has 1 aliphatic heterocycles. The van der Waals surface area contributed by atoms with E-state index in [9.17, 15) is 14.4 Å². The van der Waals surface area contributed by atoms with E-state index in [0.29, 0.717) is 12.1 Å². The molecule has 0 saturated carbocycles. The molecule has 0 spiro atoms. The van der Waals surface area contributed by atoms with E-state index in [1.54, 1.807) is 24.3 Å². The van der Waals surface area contributed by atoms with Gasteiger partial charge in [-0.25, -0.2) is 0 Å². The number of imide groups is 1. The average molecular weight is 275 g/mol. The highest BCUT2D eigenvalue weighted by atomic mass is 16.2. The molecule has 1 atom stereocenters. The van der Waals surface area contributed by atoms with Crippen LogP contribution in [0.4, 0.5) is 5.69 Å². The second-order valence-corrected chi connectivity index (χ2v) is 4.87. The molecule has 0 radical (unpaired) electrons. The van der Waals surface area contributed by atoms with E-state index in [4.69, 9.17) is 5.73 Å². The minimum absolute atomic E-state index is 0.159. The molecule has 1 aromatic rings. The van der Waals surface area contributed by atoms with Gasteiger partial charge >= 0.3 is 0 Å². The average Bonchev–Trinajstić information content (AvgIpc) is 2.39. The second kappa shape index (κ2) is 5.73. The van der Waals surface area contributed by atoms with Crippen molar-refractivity contribution in [2.75, 3.05) is 12.8 Å². The van der Waals surface area contributed by atoms with Crippen molar-refractivity contribution in [3.05, 3.63) is 29.8 Å². The van der Waals surface area contributed by atoms with Crippen molar-refractivity contribution in [1.29, 1.82) is 0 Å². The number of nitrogens with one attached hydrogen (secondary N) is 1. The summed E-state index contributed by atoms with van der Waals surface area (Å²) in [6, 6.07) is 6.42. The summed E-state index contributed by atoms with van der Waals surface area (Å²) in [4.78, 5) is 36.2. The first-order valence-corrected chi connectivity index (χ1v) is 6.41. The van der Waals surface area contributed by atoms with Gasteiger partial charge in [0.2, 0.25) is 11.8 Å². The van der Waals surface area contributed by atoms with E-state index in [0.717, 1.165) is 10.5 Å². The SMILES string of the molecule is CN1C(=O)CCC(NC(=O)Cc2cccc(N)c2)C1=O. The molecule has 2 rings (SSSR count). The third-order valence-corrected chi connectivity index (χ3v) is 3.30. The molecular formula is C14H17N3O3. The number of hydrogen-bond acceptors (Lipinski definition) is 4. The van der Waals surface area contributed by atoms with E-state index in [-0.39, 0.29) is 30.6 Å². The van der Waals surface area contributed by atoms with Crippen molar-refractivity contribution in [2.24, 2.45) is 0 Å². The summed E-state index contributed by atoms with van der Waals surface area (Å²) >= 11 is 0. The summed E-state index contributed by atoms with van der Waals surface area (Å²) in [5, 5.41) is 2.66. The molecule has 0 aromatic heterocycles. The van der Waals surface area contributed by atoms with Gasteiger partial charge in [-0.05, 0) is 24.1 Å². The summed E-state index contributed by atoms with van der Waals surface area (Å²) in [7, 11) is 1.43. The van der Waals surface area contributed by atoms with Crippen LogP contribution < -0.4 is 11.1 Å². The van der Waals surface area contributed by atoms with Crippen LogP contribution in [0.2, 0.25) is 0 Å². The van der Waals surface area contributed by atoms with Gasteiger partial charge in [-0.1, -0.05) is 12.1 Å². The van der Waals surface area contributed by atoms with Crippen LogP contribution in [0.25, 0.3) is 0 Å². The molecule has 0 bridgehead atoms. The van der Waals surface area contributed by atoms with Gasteiger partial charge < -0.3 is 11.1 Å². The molecule has 1 aliphatic rings. The lowest BCUT2D eigenvalue weighted by molar-refractivity contribution is -0.149. The lowest BCUT2D eigenvalue weighted by Gasteiger charge is -2.28. The Morgan fingerprint density at radius 1 is 1.45 bits per heavy atom. The highest BCUT2D eigenvalue weighted by molar-refractivity contribution is 6.01. The Morgan fingerprint density at radius 3 is 2.90 bits per heavy atom. The van der Waals surface area contributed by atoms with Gasteiger partial charge in [-0.15, -0.1) is 0 Å². The van der Waals surface area contributed by atoms with Crippen LogP contribution >= 0.6 is 0 Å². The van der Waals surface area contributed by atoms with E-state index >= 15 is 0 Å². The molecular weight excluding hydrogens is 258 g/mol. The first kappa shape index (κ1) is 14.0. The summed E-state index contributed by atoms with van der Waals surface area (Å²) < 4.78 is 0. The fraction of sp³-hybridized carbons (Fsp3) is 0.357. The van der Waals surface area contributed by atoms with Crippen LogP contribution in [-0.2, 0) is 20.8 Å². The van der Waals surface area contributed by atoms with Gasteiger partial charge in [0.25, 0.3) is 5.91 Å². The fourth-order valence-electron chi connectivity index (χ4n) is 2.18. The Kier molecular flexibility index (Phi) is 4.02. The molecule has 1 heterocycles. The molecule has 106 valence electrons. The molecule has 0 aliphatic carbocycles. The van der Waals surface area contributed by atoms with Crippen molar-refractivity contribution in [1.82, 2.24) is 10.2 Å². The zero-order chi connectivity index (χ0) is 14.7. The van der Waals surface area contributed by atoms with Crippen LogP contribution in [0.5, 0.6) is 0 Å². The maximum Gasteiger partial charge on any atom is 0.251 e. The molecule has 20 heavy (non-hydrogen) atoms. The number of nitrogens with zero attached hydrogens (tertiary/aromatic N) is 1. The van der Waals surface area contributed by atoms with Gasteiger partial charge in [-0.2, -0.15) is 0 Å². The number of likely N-dealkylation sites (tertiary alicyclic amines) is 1. The Morgan fingerprint density at radius 2 is 2.20 bits per heavy atom. The van der Waals surface area contributed by atoms with Crippen LogP contribution in [0.1, 0.15) is 18.4 Å². The number of benzene rings is 1. The topological polar surface area (TPSA) is 92.5 Å². The van der Waals surface area contributed by atoms with Gasteiger partial charge in [0.05, 0.1) is 6.42 Å². The minimum atomic E-state index is -0.619. The molecule has 1 aromatic carbocycles. The highest BCUT2D eigenvalue weighted by Gasteiger charge is 2.32. The molecule has 6 heteroatoms. The predicted molar refractivity (Wildman–Crippen MR) is 73.5 cm³/mol. The summed E-state index contributed by atoms with van der Waals surface area (Å²) in [6.07, 6.45) is 0.780. The van der Waals surface area contributed by atoms with Crippen LogP contribution in [0.3, 0.4) is 0 Å². The monoisotopic (exact) mass is 275 g/mol. The Bertz CT molecular complexity index is 556. The molecule has 3 N–H and O–H groups in total. The first-order valence-electron chi connectivity index (χ1n) is 6.41. The molecule has 1 saturated heterocycles. The lowest BCUT2D eigenvalue weighted by atomic mass is 10.0. The smallest absolute Gasteiger partial charge is 0.251 e. The number of hydrogen-bond donors (Lipinski definition) is 2. The first-order chi connectivity index (χ1) is 9.47. The maximum absolute atomic E-state index is 11.9. The number of carbonyl (C=O) groups is 3. The Balaban J connectivity index is 1.95. The number of nitrogens with two attached hydrogens (primary N) is 1. The zero-order valence-electron chi connectivity index (χ0n) is 11.3. The van der Waals surface area contributed by atoms with Gasteiger partial charge in [0, 0.05) is 19.2 Å². The van der Waals surface area contributed by atoms with Gasteiger partial charge in [0.1, 0.15) is 6.04 Å². The lowest BCUT2D eigenvalue weighted by Crippen LogP contribution is -2.53. The van der Waals surface area contributed by atoms with E-state index in [1.165, 1.54) is 7.05 Å². The molecule has 1 fully saturated rings. The van der Waals surface area contributed by atoms with Crippen molar-refractivity contribution in [3.8, 4) is 0 Å². The van der Waals surface area contributed by atoms with Crippen molar-refractivity contribution < 1.29 is 14.4 Å². The van der Waals surface area contributed by atoms with Crippen LogP contribution in [0.15, 0.2) is 24.3 Å². The summed E-state index contributed by atoms with van der Waals surface area (Å²) in [5.74, 6) is -0.824. The number of amides is 3. The van der Waals surface area contributed by atoms with Crippen molar-refractivity contribution in [2.45, 2.75) is 25.3 Å².